The van der Waals surface area contributed by atoms with Crippen LogP contribution in [0.15, 0.2) is 48.5 Å². The van der Waals surface area contributed by atoms with Crippen LogP contribution < -0.4 is 11.1 Å². The molecule has 0 fully saturated rings. The Bertz CT molecular complexity index is 757. The molecule has 0 aliphatic rings. The van der Waals surface area contributed by atoms with E-state index in [1.54, 1.807) is 0 Å². The highest BCUT2D eigenvalue weighted by molar-refractivity contribution is 5.46. The normalized spacial score (nSPS) is 14.0. The lowest BCUT2D eigenvalue weighted by Gasteiger charge is -2.32. The molecule has 10 heteroatoms. The summed E-state index contributed by atoms with van der Waals surface area (Å²) in [6.45, 7) is 0.265. The molecule has 3 nitrogen and oxygen atoms in total. The monoisotopic (exact) mass is 410 g/mol. The van der Waals surface area contributed by atoms with Crippen molar-refractivity contribution >= 4 is 5.69 Å². The molecule has 0 amide bonds. The second-order valence-electron chi connectivity index (χ2n) is 6.16. The maximum Gasteiger partial charge on any atom is 0.430 e. The van der Waals surface area contributed by atoms with Gasteiger partial charge >= 0.3 is 12.4 Å². The summed E-state index contributed by atoms with van der Waals surface area (Å²) in [4.78, 5) is 0. The van der Waals surface area contributed by atoms with Crippen molar-refractivity contribution in [2.45, 2.75) is 30.4 Å². The fraction of sp³-hybridized carbons (Fsp3) is 0.333. The standard InChI is InChI=1S/C18H17F7N2O/c19-13-5-1-11(2-6-13)15(26)9-10-27-14-7-3-12(4-8-14)16(28,17(20,21)22)18(23,24)25/h1-8,15,27-28H,9-10,26H2. The van der Waals surface area contributed by atoms with Crippen LogP contribution in [0.1, 0.15) is 23.6 Å². The summed E-state index contributed by atoms with van der Waals surface area (Å²) in [7, 11) is 0. The molecule has 0 radical (unpaired) electrons. The first-order valence-electron chi connectivity index (χ1n) is 8.07. The van der Waals surface area contributed by atoms with Crippen molar-refractivity contribution in [1.82, 2.24) is 0 Å². The number of nitrogens with one attached hydrogen (secondary N) is 1. The molecule has 1 atom stereocenters. The van der Waals surface area contributed by atoms with Gasteiger partial charge in [-0.2, -0.15) is 26.3 Å². The Morgan fingerprint density at radius 2 is 1.36 bits per heavy atom. The van der Waals surface area contributed by atoms with E-state index in [0.717, 1.165) is 12.1 Å². The van der Waals surface area contributed by atoms with Crippen LogP contribution in [0.2, 0.25) is 0 Å². The van der Waals surface area contributed by atoms with E-state index in [-0.39, 0.29) is 12.2 Å². The summed E-state index contributed by atoms with van der Waals surface area (Å²) in [5, 5.41) is 12.1. The molecule has 2 rings (SSSR count). The van der Waals surface area contributed by atoms with Crippen LogP contribution in [0.3, 0.4) is 0 Å². The summed E-state index contributed by atoms with van der Waals surface area (Å²) in [6.07, 6.45) is -11.5. The maximum absolute atomic E-state index is 12.9. The van der Waals surface area contributed by atoms with Gasteiger partial charge in [0.25, 0.3) is 5.60 Å². The molecule has 0 heterocycles. The Kier molecular flexibility index (Phi) is 6.24. The lowest BCUT2D eigenvalue weighted by atomic mass is 9.92. The average molecular weight is 410 g/mol. The molecule has 0 saturated carbocycles. The summed E-state index contributed by atoms with van der Waals surface area (Å²) < 4.78 is 89.9. The molecule has 2 aromatic rings. The molecule has 154 valence electrons. The zero-order valence-electron chi connectivity index (χ0n) is 14.3. The van der Waals surface area contributed by atoms with E-state index >= 15 is 0 Å². The molecule has 2 aromatic carbocycles. The van der Waals surface area contributed by atoms with Crippen LogP contribution in [0.5, 0.6) is 0 Å². The third-order valence-corrected chi connectivity index (χ3v) is 4.21. The van der Waals surface area contributed by atoms with Gasteiger partial charge in [0.05, 0.1) is 0 Å². The van der Waals surface area contributed by atoms with Gasteiger partial charge in [-0.25, -0.2) is 4.39 Å². The number of hydrogen-bond donors (Lipinski definition) is 3. The third kappa shape index (κ3) is 4.56. The summed E-state index contributed by atoms with van der Waals surface area (Å²) >= 11 is 0. The minimum Gasteiger partial charge on any atom is -0.385 e. The van der Waals surface area contributed by atoms with Crippen LogP contribution in [-0.4, -0.2) is 24.0 Å². The number of rotatable bonds is 6. The molecule has 28 heavy (non-hydrogen) atoms. The first-order chi connectivity index (χ1) is 12.9. The second-order valence-corrected chi connectivity index (χ2v) is 6.16. The number of aliphatic hydroxyl groups is 1. The first-order valence-corrected chi connectivity index (χ1v) is 8.07. The van der Waals surface area contributed by atoms with Crippen molar-refractivity contribution in [3.05, 3.63) is 65.5 Å². The van der Waals surface area contributed by atoms with E-state index < -0.39 is 35.4 Å². The highest BCUT2D eigenvalue weighted by Crippen LogP contribution is 2.50. The summed E-state index contributed by atoms with van der Waals surface area (Å²) in [5.41, 5.74) is 0.585. The van der Waals surface area contributed by atoms with E-state index in [1.165, 1.54) is 24.3 Å². The van der Waals surface area contributed by atoms with Crippen molar-refractivity contribution < 1.29 is 35.8 Å². The Morgan fingerprint density at radius 3 is 1.82 bits per heavy atom. The van der Waals surface area contributed by atoms with Crippen molar-refractivity contribution in [2.24, 2.45) is 5.73 Å². The highest BCUT2D eigenvalue weighted by atomic mass is 19.4. The molecule has 0 bridgehead atoms. The third-order valence-electron chi connectivity index (χ3n) is 4.21. The Balaban J connectivity index is 2.03. The molecule has 0 aliphatic heterocycles. The van der Waals surface area contributed by atoms with Gasteiger partial charge in [-0.3, -0.25) is 0 Å². The largest absolute Gasteiger partial charge is 0.430 e. The number of benzene rings is 2. The van der Waals surface area contributed by atoms with Crippen LogP contribution >= 0.6 is 0 Å². The predicted octanol–water partition coefficient (Wildman–Crippen LogP) is 4.64. The van der Waals surface area contributed by atoms with Gasteiger partial charge in [-0.15, -0.1) is 0 Å². The van der Waals surface area contributed by atoms with E-state index in [1.807, 2.05) is 0 Å². The average Bonchev–Trinajstić information content (AvgIpc) is 2.60. The maximum atomic E-state index is 12.9. The van der Waals surface area contributed by atoms with Crippen molar-refractivity contribution in [3.63, 3.8) is 0 Å². The van der Waals surface area contributed by atoms with Crippen LogP contribution in [0.4, 0.5) is 36.4 Å². The molecule has 0 aliphatic carbocycles. The van der Waals surface area contributed by atoms with E-state index in [0.29, 0.717) is 24.1 Å². The lowest BCUT2D eigenvalue weighted by Crippen LogP contribution is -2.53. The van der Waals surface area contributed by atoms with Gasteiger partial charge in [0.2, 0.25) is 0 Å². The first kappa shape index (κ1) is 22.0. The van der Waals surface area contributed by atoms with E-state index in [2.05, 4.69) is 5.32 Å². The number of alkyl halides is 6. The van der Waals surface area contributed by atoms with Gasteiger partial charge in [-0.1, -0.05) is 24.3 Å². The topological polar surface area (TPSA) is 58.3 Å². The van der Waals surface area contributed by atoms with Crippen LogP contribution in [0, 0.1) is 5.82 Å². The zero-order chi connectivity index (χ0) is 21.2. The van der Waals surface area contributed by atoms with Gasteiger partial charge in [0, 0.05) is 23.8 Å². The molecular weight excluding hydrogens is 393 g/mol. The minimum absolute atomic E-state index is 0.252. The Hall–Kier alpha value is -2.33. The van der Waals surface area contributed by atoms with Crippen molar-refractivity contribution in [1.29, 1.82) is 0 Å². The smallest absolute Gasteiger partial charge is 0.385 e. The van der Waals surface area contributed by atoms with Crippen LogP contribution in [0.25, 0.3) is 0 Å². The Labute approximate surface area is 156 Å². The van der Waals surface area contributed by atoms with Gasteiger partial charge in [0.1, 0.15) is 5.82 Å². The second kappa shape index (κ2) is 7.96. The summed E-state index contributed by atoms with van der Waals surface area (Å²) in [5.74, 6) is -0.410. The summed E-state index contributed by atoms with van der Waals surface area (Å²) in [6, 6.07) is 8.23. The fourth-order valence-corrected chi connectivity index (χ4v) is 2.57. The van der Waals surface area contributed by atoms with Gasteiger partial charge < -0.3 is 16.2 Å². The molecule has 0 aromatic heterocycles. The van der Waals surface area contributed by atoms with Crippen LogP contribution in [-0.2, 0) is 5.60 Å². The van der Waals surface area contributed by atoms with Crippen molar-refractivity contribution in [3.8, 4) is 0 Å². The number of hydrogen-bond acceptors (Lipinski definition) is 3. The molecule has 4 N–H and O–H groups in total. The SMILES string of the molecule is NC(CCNc1ccc(C(O)(C(F)(F)F)C(F)(F)F)cc1)c1ccc(F)cc1. The fourth-order valence-electron chi connectivity index (χ4n) is 2.57. The lowest BCUT2D eigenvalue weighted by molar-refractivity contribution is -0.376. The highest BCUT2D eigenvalue weighted by Gasteiger charge is 2.71. The van der Waals surface area contributed by atoms with Crippen molar-refractivity contribution in [2.75, 3.05) is 11.9 Å². The molecular formula is C18H17F7N2O. The number of nitrogens with two attached hydrogens (primary N) is 1. The molecule has 0 saturated heterocycles. The molecule has 1 unspecified atom stereocenters. The van der Waals surface area contributed by atoms with E-state index in [4.69, 9.17) is 5.73 Å². The number of halogens is 7. The van der Waals surface area contributed by atoms with Gasteiger partial charge in [0.15, 0.2) is 0 Å². The number of anilines is 1. The molecule has 0 spiro atoms. The zero-order valence-corrected chi connectivity index (χ0v) is 14.3. The van der Waals surface area contributed by atoms with Gasteiger partial charge in [-0.05, 0) is 36.2 Å². The quantitative estimate of drug-likeness (QED) is 0.609. The minimum atomic E-state index is -5.93. The Morgan fingerprint density at radius 1 is 0.857 bits per heavy atom. The van der Waals surface area contributed by atoms with E-state index in [9.17, 15) is 35.8 Å². The predicted molar refractivity (Wildman–Crippen MR) is 88.9 cm³/mol.